The molecule has 3 N–H and O–H groups in total. The van der Waals surface area contributed by atoms with Crippen LogP contribution in [0.5, 0.6) is 0 Å². The zero-order chi connectivity index (χ0) is 15.1. The van der Waals surface area contributed by atoms with E-state index in [1.807, 2.05) is 50.9 Å². The van der Waals surface area contributed by atoms with Crippen molar-refractivity contribution < 1.29 is 4.79 Å². The van der Waals surface area contributed by atoms with Crippen LogP contribution in [0.1, 0.15) is 38.9 Å². The van der Waals surface area contributed by atoms with Crippen LogP contribution in [0, 0.1) is 0 Å². The molecular weight excluding hydrogens is 252 g/mol. The lowest BCUT2D eigenvalue weighted by Gasteiger charge is -2.31. The van der Waals surface area contributed by atoms with Gasteiger partial charge in [0.1, 0.15) is 0 Å². The molecule has 1 amide bonds. The minimum absolute atomic E-state index is 0.00624. The minimum atomic E-state index is -0.0564. The molecule has 1 rings (SSSR count). The van der Waals surface area contributed by atoms with Gasteiger partial charge in [-0.05, 0) is 39.4 Å². The Morgan fingerprint density at radius 1 is 1.45 bits per heavy atom. The van der Waals surface area contributed by atoms with Gasteiger partial charge in [-0.25, -0.2) is 0 Å². The van der Waals surface area contributed by atoms with Crippen LogP contribution in [-0.4, -0.2) is 41.5 Å². The Balaban J connectivity index is 2.81. The first-order valence-electron chi connectivity index (χ1n) is 7.11. The largest absolute Gasteiger partial charge is 0.353 e. The topological polar surface area (TPSA) is 71.2 Å². The lowest BCUT2D eigenvalue weighted by Crippen LogP contribution is -2.45. The molecule has 1 aromatic rings. The molecule has 0 fully saturated rings. The van der Waals surface area contributed by atoms with E-state index in [-0.39, 0.29) is 24.0 Å². The number of hydrogen-bond donors (Lipinski definition) is 2. The summed E-state index contributed by atoms with van der Waals surface area (Å²) in [4.78, 5) is 18.2. The van der Waals surface area contributed by atoms with E-state index >= 15 is 0 Å². The molecule has 5 heteroatoms. The lowest BCUT2D eigenvalue weighted by atomic mass is 10.0. The Kier molecular flexibility index (Phi) is 6.61. The van der Waals surface area contributed by atoms with Gasteiger partial charge in [0.05, 0.1) is 18.3 Å². The van der Waals surface area contributed by atoms with E-state index in [4.69, 9.17) is 5.73 Å². The smallest absolute Gasteiger partial charge is 0.234 e. The SMILES string of the molecule is CCC(N)C(c1ccccn1)N(C)CC(=O)NC(C)C. The number of likely N-dealkylation sites (N-methyl/N-ethyl adjacent to an activating group) is 1. The third-order valence-electron chi connectivity index (χ3n) is 3.19. The highest BCUT2D eigenvalue weighted by Gasteiger charge is 2.25. The molecule has 20 heavy (non-hydrogen) atoms. The average molecular weight is 278 g/mol. The summed E-state index contributed by atoms with van der Waals surface area (Å²) in [7, 11) is 1.91. The zero-order valence-electron chi connectivity index (χ0n) is 12.8. The van der Waals surface area contributed by atoms with Crippen molar-refractivity contribution in [2.24, 2.45) is 5.73 Å². The van der Waals surface area contributed by atoms with Crippen molar-refractivity contribution in [2.75, 3.05) is 13.6 Å². The van der Waals surface area contributed by atoms with Gasteiger partial charge in [0.25, 0.3) is 0 Å². The van der Waals surface area contributed by atoms with Crippen molar-refractivity contribution >= 4 is 5.91 Å². The Labute approximate surface area is 121 Å². The molecule has 5 nitrogen and oxygen atoms in total. The fourth-order valence-electron chi connectivity index (χ4n) is 2.24. The van der Waals surface area contributed by atoms with E-state index in [2.05, 4.69) is 10.3 Å². The normalized spacial score (nSPS) is 14.3. The van der Waals surface area contributed by atoms with Crippen molar-refractivity contribution in [3.8, 4) is 0 Å². The molecule has 0 saturated carbocycles. The van der Waals surface area contributed by atoms with Gasteiger partial charge in [-0.15, -0.1) is 0 Å². The standard InChI is InChI=1S/C15H26N4O/c1-5-12(16)15(13-8-6-7-9-17-13)19(4)10-14(20)18-11(2)3/h6-9,11-12,15H,5,10,16H2,1-4H3,(H,18,20). The van der Waals surface area contributed by atoms with Crippen LogP contribution < -0.4 is 11.1 Å². The van der Waals surface area contributed by atoms with Crippen LogP contribution in [0.15, 0.2) is 24.4 Å². The number of aromatic nitrogens is 1. The average Bonchev–Trinajstić information content (AvgIpc) is 2.38. The zero-order valence-corrected chi connectivity index (χ0v) is 12.8. The van der Waals surface area contributed by atoms with E-state index in [1.165, 1.54) is 0 Å². The fraction of sp³-hybridized carbons (Fsp3) is 0.600. The predicted octanol–water partition coefficient (Wildman–Crippen LogP) is 1.32. The van der Waals surface area contributed by atoms with Gasteiger partial charge < -0.3 is 11.1 Å². The molecule has 0 bridgehead atoms. The quantitative estimate of drug-likeness (QED) is 0.789. The van der Waals surface area contributed by atoms with Crippen LogP contribution in [0.2, 0.25) is 0 Å². The van der Waals surface area contributed by atoms with Crippen molar-refractivity contribution in [2.45, 2.75) is 45.3 Å². The number of nitrogens with one attached hydrogen (secondary N) is 1. The maximum Gasteiger partial charge on any atom is 0.234 e. The van der Waals surface area contributed by atoms with E-state index in [9.17, 15) is 4.79 Å². The molecule has 0 aliphatic carbocycles. The maximum absolute atomic E-state index is 11.9. The number of pyridine rings is 1. The molecule has 0 saturated heterocycles. The molecule has 2 atom stereocenters. The number of carbonyl (C=O) groups excluding carboxylic acids is 1. The third-order valence-corrected chi connectivity index (χ3v) is 3.19. The summed E-state index contributed by atoms with van der Waals surface area (Å²) in [5, 5.41) is 2.90. The molecular formula is C15H26N4O. The second-order valence-corrected chi connectivity index (χ2v) is 5.41. The molecule has 1 heterocycles. The Morgan fingerprint density at radius 2 is 2.15 bits per heavy atom. The van der Waals surface area contributed by atoms with Crippen LogP contribution in [0.3, 0.4) is 0 Å². The van der Waals surface area contributed by atoms with E-state index < -0.39 is 0 Å². The number of nitrogens with two attached hydrogens (primary N) is 1. The first-order chi connectivity index (χ1) is 9.45. The molecule has 0 aliphatic rings. The predicted molar refractivity (Wildman–Crippen MR) is 81.2 cm³/mol. The number of hydrogen-bond acceptors (Lipinski definition) is 4. The van der Waals surface area contributed by atoms with Gasteiger partial charge in [-0.3, -0.25) is 14.7 Å². The van der Waals surface area contributed by atoms with Crippen LogP contribution in [0.4, 0.5) is 0 Å². The molecule has 0 spiro atoms. The first kappa shape index (κ1) is 16.6. The first-order valence-corrected chi connectivity index (χ1v) is 7.11. The van der Waals surface area contributed by atoms with E-state index in [0.717, 1.165) is 12.1 Å². The molecule has 2 unspecified atom stereocenters. The molecule has 1 aromatic heterocycles. The maximum atomic E-state index is 11.9. The van der Waals surface area contributed by atoms with Gasteiger partial charge in [0, 0.05) is 18.3 Å². The Hall–Kier alpha value is -1.46. The summed E-state index contributed by atoms with van der Waals surface area (Å²) in [6.07, 6.45) is 2.59. The van der Waals surface area contributed by atoms with Crippen LogP contribution in [-0.2, 0) is 4.79 Å². The summed E-state index contributed by atoms with van der Waals surface area (Å²) in [6, 6.07) is 5.81. The highest BCUT2D eigenvalue weighted by molar-refractivity contribution is 5.78. The second-order valence-electron chi connectivity index (χ2n) is 5.41. The summed E-state index contributed by atoms with van der Waals surface area (Å²) < 4.78 is 0. The number of carbonyl (C=O) groups is 1. The Bertz CT molecular complexity index is 408. The fourth-order valence-corrected chi connectivity index (χ4v) is 2.24. The number of amides is 1. The van der Waals surface area contributed by atoms with Crippen molar-refractivity contribution in [1.82, 2.24) is 15.2 Å². The second kappa shape index (κ2) is 7.97. The summed E-state index contributed by atoms with van der Waals surface area (Å²) in [6.45, 7) is 6.26. The summed E-state index contributed by atoms with van der Waals surface area (Å²) in [5.41, 5.74) is 7.12. The molecule has 0 radical (unpaired) electrons. The van der Waals surface area contributed by atoms with Crippen molar-refractivity contribution in [3.63, 3.8) is 0 Å². The highest BCUT2D eigenvalue weighted by atomic mass is 16.2. The van der Waals surface area contributed by atoms with Crippen LogP contribution >= 0.6 is 0 Å². The van der Waals surface area contributed by atoms with E-state index in [1.54, 1.807) is 6.20 Å². The number of nitrogens with zero attached hydrogens (tertiary/aromatic N) is 2. The molecule has 0 aromatic carbocycles. The van der Waals surface area contributed by atoms with Crippen molar-refractivity contribution in [1.29, 1.82) is 0 Å². The van der Waals surface area contributed by atoms with Gasteiger partial charge in [-0.2, -0.15) is 0 Å². The molecule has 112 valence electrons. The Morgan fingerprint density at radius 3 is 2.65 bits per heavy atom. The summed E-state index contributed by atoms with van der Waals surface area (Å²) >= 11 is 0. The number of rotatable bonds is 7. The monoisotopic (exact) mass is 278 g/mol. The van der Waals surface area contributed by atoms with Gasteiger partial charge in [0.2, 0.25) is 5.91 Å². The molecule has 0 aliphatic heterocycles. The van der Waals surface area contributed by atoms with Gasteiger partial charge >= 0.3 is 0 Å². The minimum Gasteiger partial charge on any atom is -0.353 e. The van der Waals surface area contributed by atoms with Gasteiger partial charge in [-0.1, -0.05) is 13.0 Å². The van der Waals surface area contributed by atoms with Crippen molar-refractivity contribution in [3.05, 3.63) is 30.1 Å². The van der Waals surface area contributed by atoms with E-state index in [0.29, 0.717) is 6.54 Å². The van der Waals surface area contributed by atoms with Gasteiger partial charge in [0.15, 0.2) is 0 Å². The summed E-state index contributed by atoms with van der Waals surface area (Å²) in [5.74, 6) is 0.00624. The lowest BCUT2D eigenvalue weighted by molar-refractivity contribution is -0.123. The highest BCUT2D eigenvalue weighted by Crippen LogP contribution is 2.21. The third kappa shape index (κ3) is 4.90. The van der Waals surface area contributed by atoms with Crippen LogP contribution in [0.25, 0.3) is 0 Å².